The van der Waals surface area contributed by atoms with Gasteiger partial charge in [0.1, 0.15) is 6.10 Å². The topological polar surface area (TPSA) is 33.4 Å². The van der Waals surface area contributed by atoms with Crippen LogP contribution in [0.25, 0.3) is 0 Å². The Kier molecular flexibility index (Phi) is 3.40. The number of aryl methyl sites for hydroxylation is 3. The van der Waals surface area contributed by atoms with Crippen LogP contribution in [0, 0.1) is 20.8 Å². The maximum atomic E-state index is 10.4. The summed E-state index contributed by atoms with van der Waals surface area (Å²) in [5.74, 6) is 0.556. The van der Waals surface area contributed by atoms with Crippen LogP contribution in [0.2, 0.25) is 0 Å². The van der Waals surface area contributed by atoms with Crippen LogP contribution in [0.4, 0.5) is 0 Å². The number of rotatable bonds is 2. The Morgan fingerprint density at radius 3 is 2.24 bits per heavy atom. The average Bonchev–Trinajstić information content (AvgIpc) is 2.62. The van der Waals surface area contributed by atoms with Gasteiger partial charge in [0.2, 0.25) is 0 Å². The van der Waals surface area contributed by atoms with E-state index >= 15 is 0 Å². The van der Waals surface area contributed by atoms with Crippen LogP contribution in [0.3, 0.4) is 0 Å². The lowest BCUT2D eigenvalue weighted by Gasteiger charge is -2.16. The SMILES string of the molecule is Cc1cc(C)c(C(O)c2occc2Br)c(C)c1. The zero-order chi connectivity index (χ0) is 12.6. The third-order valence-electron chi connectivity index (χ3n) is 2.90. The fourth-order valence-corrected chi connectivity index (χ4v) is 2.67. The summed E-state index contributed by atoms with van der Waals surface area (Å²) in [6.45, 7) is 6.07. The van der Waals surface area contributed by atoms with Gasteiger partial charge in [-0.25, -0.2) is 0 Å². The minimum Gasteiger partial charge on any atom is -0.465 e. The summed E-state index contributed by atoms with van der Waals surface area (Å²) >= 11 is 3.37. The standard InChI is InChI=1S/C14H15BrO2/c1-8-6-9(2)12(10(3)7-8)13(16)14-11(15)4-5-17-14/h4-7,13,16H,1-3H3. The molecule has 2 aromatic rings. The van der Waals surface area contributed by atoms with Crippen molar-refractivity contribution in [3.63, 3.8) is 0 Å². The van der Waals surface area contributed by atoms with Crippen molar-refractivity contribution in [3.05, 3.63) is 56.9 Å². The van der Waals surface area contributed by atoms with Crippen LogP contribution in [-0.2, 0) is 0 Å². The number of aliphatic hydroxyl groups excluding tert-OH is 1. The van der Waals surface area contributed by atoms with Crippen molar-refractivity contribution in [2.75, 3.05) is 0 Å². The van der Waals surface area contributed by atoms with Crippen LogP contribution in [0.1, 0.15) is 34.1 Å². The van der Waals surface area contributed by atoms with E-state index in [0.29, 0.717) is 5.76 Å². The van der Waals surface area contributed by atoms with Gasteiger partial charge in [-0.05, 0) is 59.5 Å². The van der Waals surface area contributed by atoms with Crippen molar-refractivity contribution in [3.8, 4) is 0 Å². The normalized spacial score (nSPS) is 12.8. The third-order valence-corrected chi connectivity index (χ3v) is 3.56. The van der Waals surface area contributed by atoms with Gasteiger partial charge in [0.05, 0.1) is 10.7 Å². The van der Waals surface area contributed by atoms with Crippen LogP contribution in [-0.4, -0.2) is 5.11 Å². The van der Waals surface area contributed by atoms with Gasteiger partial charge in [0.15, 0.2) is 5.76 Å². The first-order valence-electron chi connectivity index (χ1n) is 5.49. The van der Waals surface area contributed by atoms with Crippen LogP contribution < -0.4 is 0 Å². The van der Waals surface area contributed by atoms with Gasteiger partial charge in [-0.2, -0.15) is 0 Å². The molecule has 17 heavy (non-hydrogen) atoms. The number of hydrogen-bond acceptors (Lipinski definition) is 2. The molecule has 90 valence electrons. The molecule has 0 bridgehead atoms. The minimum absolute atomic E-state index is 0.556. The molecule has 1 unspecified atom stereocenters. The number of hydrogen-bond donors (Lipinski definition) is 1. The minimum atomic E-state index is -0.722. The summed E-state index contributed by atoms with van der Waals surface area (Å²) in [5.41, 5.74) is 4.29. The highest BCUT2D eigenvalue weighted by molar-refractivity contribution is 9.10. The molecule has 0 saturated heterocycles. The molecule has 1 atom stereocenters. The van der Waals surface area contributed by atoms with E-state index in [1.165, 1.54) is 5.56 Å². The highest BCUT2D eigenvalue weighted by atomic mass is 79.9. The van der Waals surface area contributed by atoms with Gasteiger partial charge >= 0.3 is 0 Å². The maximum absolute atomic E-state index is 10.4. The highest BCUT2D eigenvalue weighted by Crippen LogP contribution is 2.33. The summed E-state index contributed by atoms with van der Waals surface area (Å²) in [7, 11) is 0. The van der Waals surface area contributed by atoms with Crippen LogP contribution in [0.15, 0.2) is 33.4 Å². The summed E-state index contributed by atoms with van der Waals surface area (Å²) < 4.78 is 6.12. The Balaban J connectivity index is 2.51. The Morgan fingerprint density at radius 1 is 1.18 bits per heavy atom. The van der Waals surface area contributed by atoms with E-state index in [-0.39, 0.29) is 0 Å². The van der Waals surface area contributed by atoms with E-state index < -0.39 is 6.10 Å². The Hall–Kier alpha value is -1.06. The van der Waals surface area contributed by atoms with Crippen LogP contribution in [0.5, 0.6) is 0 Å². The van der Waals surface area contributed by atoms with Crippen LogP contribution >= 0.6 is 15.9 Å². The van der Waals surface area contributed by atoms with E-state index in [2.05, 4.69) is 35.0 Å². The molecule has 0 spiro atoms. The molecule has 0 fully saturated rings. The molecular weight excluding hydrogens is 280 g/mol. The molecule has 1 N–H and O–H groups in total. The molecule has 0 saturated carbocycles. The summed E-state index contributed by atoms with van der Waals surface area (Å²) in [6.07, 6.45) is 0.849. The quantitative estimate of drug-likeness (QED) is 0.906. The molecule has 1 aromatic heterocycles. The first-order valence-corrected chi connectivity index (χ1v) is 6.28. The highest BCUT2D eigenvalue weighted by Gasteiger charge is 2.20. The molecule has 2 nitrogen and oxygen atoms in total. The number of aliphatic hydroxyl groups is 1. The second-order valence-electron chi connectivity index (χ2n) is 4.35. The monoisotopic (exact) mass is 294 g/mol. The van der Waals surface area contributed by atoms with Crippen molar-refractivity contribution >= 4 is 15.9 Å². The van der Waals surface area contributed by atoms with Gasteiger partial charge in [-0.1, -0.05) is 17.7 Å². The summed E-state index contributed by atoms with van der Waals surface area (Å²) in [5, 5.41) is 10.4. The lowest BCUT2D eigenvalue weighted by atomic mass is 9.94. The third kappa shape index (κ3) is 2.31. The van der Waals surface area contributed by atoms with Gasteiger partial charge in [0.25, 0.3) is 0 Å². The van der Waals surface area contributed by atoms with E-state index in [0.717, 1.165) is 21.2 Å². The Morgan fingerprint density at radius 2 is 1.76 bits per heavy atom. The predicted molar refractivity (Wildman–Crippen MR) is 71.1 cm³/mol. The molecule has 0 aliphatic carbocycles. The van der Waals surface area contributed by atoms with Crippen molar-refractivity contribution in [2.45, 2.75) is 26.9 Å². The van der Waals surface area contributed by atoms with Crippen molar-refractivity contribution in [1.29, 1.82) is 0 Å². The lowest BCUT2D eigenvalue weighted by Crippen LogP contribution is -2.04. The fraction of sp³-hybridized carbons (Fsp3) is 0.286. The van der Waals surface area contributed by atoms with Gasteiger partial charge in [-0.3, -0.25) is 0 Å². The fourth-order valence-electron chi connectivity index (χ4n) is 2.25. The molecule has 0 aliphatic heterocycles. The van der Waals surface area contributed by atoms with Crippen molar-refractivity contribution < 1.29 is 9.52 Å². The molecule has 2 rings (SSSR count). The largest absolute Gasteiger partial charge is 0.465 e. The second-order valence-corrected chi connectivity index (χ2v) is 5.20. The average molecular weight is 295 g/mol. The zero-order valence-electron chi connectivity index (χ0n) is 10.1. The Labute approximate surface area is 109 Å². The molecule has 0 amide bonds. The van der Waals surface area contributed by atoms with E-state index in [1.807, 2.05) is 13.8 Å². The number of halogens is 1. The second kappa shape index (κ2) is 4.67. The number of benzene rings is 1. The zero-order valence-corrected chi connectivity index (χ0v) is 11.7. The molecule has 1 heterocycles. The lowest BCUT2D eigenvalue weighted by molar-refractivity contribution is 0.187. The first kappa shape index (κ1) is 12.4. The van der Waals surface area contributed by atoms with Gasteiger partial charge < -0.3 is 9.52 Å². The smallest absolute Gasteiger partial charge is 0.150 e. The molecule has 0 radical (unpaired) electrons. The molecular formula is C14H15BrO2. The van der Waals surface area contributed by atoms with Crippen molar-refractivity contribution in [2.24, 2.45) is 0 Å². The predicted octanol–water partition coefficient (Wildman–Crippen LogP) is 4.05. The molecule has 0 aliphatic rings. The van der Waals surface area contributed by atoms with Crippen molar-refractivity contribution in [1.82, 2.24) is 0 Å². The maximum Gasteiger partial charge on any atom is 0.150 e. The van der Waals surface area contributed by atoms with E-state index in [4.69, 9.17) is 4.42 Å². The Bertz CT molecular complexity index is 520. The summed E-state index contributed by atoms with van der Waals surface area (Å²) in [6, 6.07) is 5.93. The molecule has 1 aromatic carbocycles. The summed E-state index contributed by atoms with van der Waals surface area (Å²) in [4.78, 5) is 0. The first-order chi connectivity index (χ1) is 8.00. The number of furan rings is 1. The van der Waals surface area contributed by atoms with E-state index in [9.17, 15) is 5.11 Å². The van der Waals surface area contributed by atoms with Gasteiger partial charge in [-0.15, -0.1) is 0 Å². The molecule has 3 heteroatoms. The van der Waals surface area contributed by atoms with Gasteiger partial charge in [0, 0.05) is 0 Å². The van der Waals surface area contributed by atoms with E-state index in [1.54, 1.807) is 12.3 Å².